The maximum atomic E-state index is 13.1. The third-order valence-electron chi connectivity index (χ3n) is 8.58. The van der Waals surface area contributed by atoms with Gasteiger partial charge in [-0.25, -0.2) is 4.79 Å². The van der Waals surface area contributed by atoms with Gasteiger partial charge in [0, 0.05) is 5.41 Å². The van der Waals surface area contributed by atoms with Crippen molar-refractivity contribution in [3.63, 3.8) is 0 Å². The summed E-state index contributed by atoms with van der Waals surface area (Å²) in [5.41, 5.74) is -0.299. The lowest BCUT2D eigenvalue weighted by Gasteiger charge is -2.55. The number of hydrogen-bond acceptors (Lipinski definition) is 5. The number of imide groups is 1. The third kappa shape index (κ3) is 3.05. The Labute approximate surface area is 171 Å². The molecule has 0 radical (unpaired) electrons. The van der Waals surface area contributed by atoms with Crippen LogP contribution in [0.15, 0.2) is 0 Å². The van der Waals surface area contributed by atoms with Crippen LogP contribution in [0.5, 0.6) is 0 Å². The van der Waals surface area contributed by atoms with E-state index in [0.29, 0.717) is 17.8 Å². The van der Waals surface area contributed by atoms with Gasteiger partial charge in [-0.05, 0) is 76.0 Å². The number of nitrogens with zero attached hydrogens (tertiary/aromatic N) is 1. The predicted octanol–water partition coefficient (Wildman–Crippen LogP) is 2.88. The summed E-state index contributed by atoms with van der Waals surface area (Å²) in [4.78, 5) is 52.2. The zero-order chi connectivity index (χ0) is 20.3. The van der Waals surface area contributed by atoms with Gasteiger partial charge in [-0.15, -0.1) is 0 Å². The van der Waals surface area contributed by atoms with Crippen LogP contribution in [0.25, 0.3) is 0 Å². The van der Waals surface area contributed by atoms with E-state index < -0.39 is 12.0 Å². The standard InChI is InChI=1S/C23H31NO5/c1-13(24-20(26)17-4-2-3-5-18(17)21(24)27)22(28)29-12-19(25)23-9-14-6-15(10-23)8-16(7-14)11-23/h13-18H,2-12H2,1H3/t13-,14?,15?,16?,17+,18+,23?/m0/s1. The van der Waals surface area contributed by atoms with Gasteiger partial charge >= 0.3 is 5.97 Å². The van der Waals surface area contributed by atoms with E-state index in [2.05, 4.69) is 0 Å². The van der Waals surface area contributed by atoms with Crippen molar-refractivity contribution in [2.45, 2.75) is 77.2 Å². The fraction of sp³-hybridized carbons (Fsp3) is 0.826. The SMILES string of the molecule is C[C@@H](C(=O)OCC(=O)C12CC3CC(CC(C3)C1)C2)N1C(=O)[C@@H]2CCCC[C@H]2C1=O. The molecule has 5 aliphatic carbocycles. The van der Waals surface area contributed by atoms with Crippen LogP contribution < -0.4 is 0 Å². The first-order chi connectivity index (χ1) is 13.9. The maximum absolute atomic E-state index is 13.1. The van der Waals surface area contributed by atoms with Crippen molar-refractivity contribution in [1.82, 2.24) is 4.90 Å². The van der Waals surface area contributed by atoms with Crippen LogP contribution in [0.2, 0.25) is 0 Å². The molecule has 0 aromatic carbocycles. The fourth-order valence-electron chi connectivity index (χ4n) is 7.54. The molecule has 6 aliphatic rings. The van der Waals surface area contributed by atoms with E-state index in [1.165, 1.54) is 19.3 Å². The molecule has 1 heterocycles. The highest BCUT2D eigenvalue weighted by molar-refractivity contribution is 6.07. The number of fused-ring (bicyclic) bond motifs is 1. The van der Waals surface area contributed by atoms with Crippen molar-refractivity contribution < 1.29 is 23.9 Å². The smallest absolute Gasteiger partial charge is 0.329 e. The summed E-state index contributed by atoms with van der Waals surface area (Å²) in [6.45, 7) is 1.32. The quantitative estimate of drug-likeness (QED) is 0.523. The Morgan fingerprint density at radius 3 is 1.93 bits per heavy atom. The average molecular weight is 402 g/mol. The minimum atomic E-state index is -0.954. The van der Waals surface area contributed by atoms with Crippen LogP contribution >= 0.6 is 0 Å². The van der Waals surface area contributed by atoms with E-state index in [-0.39, 0.29) is 41.5 Å². The number of Topliss-reactive ketones (excluding diaryl/α,β-unsaturated/α-hetero) is 1. The molecule has 29 heavy (non-hydrogen) atoms. The number of carbonyl (C=O) groups excluding carboxylic acids is 4. The summed E-state index contributed by atoms with van der Waals surface area (Å²) >= 11 is 0. The van der Waals surface area contributed by atoms with E-state index in [1.807, 2.05) is 0 Å². The lowest BCUT2D eigenvalue weighted by atomic mass is 9.48. The Morgan fingerprint density at radius 2 is 1.45 bits per heavy atom. The van der Waals surface area contributed by atoms with Crippen LogP contribution in [0, 0.1) is 35.0 Å². The van der Waals surface area contributed by atoms with Crippen LogP contribution in [0.4, 0.5) is 0 Å². The van der Waals surface area contributed by atoms with Gasteiger partial charge in [-0.2, -0.15) is 0 Å². The van der Waals surface area contributed by atoms with Crippen molar-refractivity contribution in [3.8, 4) is 0 Å². The monoisotopic (exact) mass is 401 g/mol. The zero-order valence-electron chi connectivity index (χ0n) is 17.2. The molecule has 0 unspecified atom stereocenters. The van der Waals surface area contributed by atoms with E-state index in [9.17, 15) is 19.2 Å². The van der Waals surface area contributed by atoms with Gasteiger partial charge in [0.15, 0.2) is 12.4 Å². The number of likely N-dealkylation sites (tertiary alicyclic amines) is 1. The molecule has 6 fully saturated rings. The molecule has 6 rings (SSSR count). The summed E-state index contributed by atoms with van der Waals surface area (Å²) < 4.78 is 5.38. The second-order valence-corrected chi connectivity index (χ2v) is 10.4. The summed E-state index contributed by atoms with van der Waals surface area (Å²) in [7, 11) is 0. The molecule has 6 heteroatoms. The third-order valence-corrected chi connectivity index (χ3v) is 8.58. The molecule has 6 nitrogen and oxygen atoms in total. The van der Waals surface area contributed by atoms with Gasteiger partial charge in [0.05, 0.1) is 11.8 Å². The van der Waals surface area contributed by atoms with Crippen LogP contribution in [0.3, 0.4) is 0 Å². The van der Waals surface area contributed by atoms with Crippen molar-refractivity contribution >= 4 is 23.6 Å². The van der Waals surface area contributed by atoms with Gasteiger partial charge in [-0.1, -0.05) is 12.8 Å². The Hall–Kier alpha value is -1.72. The summed E-state index contributed by atoms with van der Waals surface area (Å²) in [5, 5.41) is 0. The van der Waals surface area contributed by atoms with Crippen molar-refractivity contribution in [3.05, 3.63) is 0 Å². The molecule has 1 saturated heterocycles. The molecular formula is C23H31NO5. The maximum Gasteiger partial charge on any atom is 0.329 e. The first-order valence-electron chi connectivity index (χ1n) is 11.4. The largest absolute Gasteiger partial charge is 0.456 e. The highest BCUT2D eigenvalue weighted by Gasteiger charge is 2.55. The lowest BCUT2D eigenvalue weighted by molar-refractivity contribution is -0.163. The van der Waals surface area contributed by atoms with Gasteiger partial charge in [0.25, 0.3) is 0 Å². The number of ether oxygens (including phenoxy) is 1. The number of rotatable bonds is 5. The van der Waals surface area contributed by atoms with Crippen LogP contribution in [-0.2, 0) is 23.9 Å². The molecule has 2 amide bonds. The van der Waals surface area contributed by atoms with Gasteiger partial charge in [-0.3, -0.25) is 19.3 Å². The summed E-state index contributed by atoms with van der Waals surface area (Å²) in [6, 6.07) is -0.954. The van der Waals surface area contributed by atoms with Crippen LogP contribution in [-0.4, -0.2) is 41.1 Å². The first-order valence-corrected chi connectivity index (χ1v) is 11.4. The van der Waals surface area contributed by atoms with Crippen molar-refractivity contribution in [1.29, 1.82) is 0 Å². The highest BCUT2D eigenvalue weighted by Crippen LogP contribution is 2.60. The van der Waals surface area contributed by atoms with E-state index in [4.69, 9.17) is 4.74 Å². The average Bonchev–Trinajstić information content (AvgIpc) is 2.95. The Balaban J connectivity index is 1.21. The molecule has 4 bridgehead atoms. The first kappa shape index (κ1) is 19.3. The summed E-state index contributed by atoms with van der Waals surface area (Å²) in [6.07, 6.45) is 9.93. The lowest BCUT2D eigenvalue weighted by Crippen LogP contribution is -2.51. The molecule has 3 atom stereocenters. The highest BCUT2D eigenvalue weighted by atomic mass is 16.5. The molecule has 0 spiro atoms. The molecule has 158 valence electrons. The van der Waals surface area contributed by atoms with Gasteiger partial charge in [0.1, 0.15) is 6.04 Å². The molecule has 0 N–H and O–H groups in total. The Bertz CT molecular complexity index is 699. The zero-order valence-corrected chi connectivity index (χ0v) is 17.2. The number of esters is 1. The Kier molecular flexibility index (Phi) is 4.59. The number of carbonyl (C=O) groups is 4. The molecule has 5 saturated carbocycles. The van der Waals surface area contributed by atoms with E-state index in [0.717, 1.165) is 49.8 Å². The molecule has 0 aromatic rings. The fourth-order valence-corrected chi connectivity index (χ4v) is 7.54. The van der Waals surface area contributed by atoms with E-state index >= 15 is 0 Å². The Morgan fingerprint density at radius 1 is 0.966 bits per heavy atom. The van der Waals surface area contributed by atoms with Crippen molar-refractivity contribution in [2.24, 2.45) is 35.0 Å². The number of ketones is 1. The van der Waals surface area contributed by atoms with Crippen LogP contribution in [0.1, 0.15) is 71.1 Å². The minimum Gasteiger partial charge on any atom is -0.456 e. The molecular weight excluding hydrogens is 370 g/mol. The number of amides is 2. The molecule has 0 aromatic heterocycles. The molecule has 1 aliphatic heterocycles. The second-order valence-electron chi connectivity index (χ2n) is 10.4. The van der Waals surface area contributed by atoms with Crippen molar-refractivity contribution in [2.75, 3.05) is 6.61 Å². The summed E-state index contributed by atoms with van der Waals surface area (Å²) in [5.74, 6) is 0.343. The minimum absolute atomic E-state index is 0.0462. The van der Waals surface area contributed by atoms with Gasteiger partial charge < -0.3 is 4.74 Å². The second kappa shape index (κ2) is 6.92. The topological polar surface area (TPSA) is 80.8 Å². The van der Waals surface area contributed by atoms with Gasteiger partial charge in [0.2, 0.25) is 11.8 Å². The number of hydrogen-bond donors (Lipinski definition) is 0. The predicted molar refractivity (Wildman–Crippen MR) is 103 cm³/mol. The normalized spacial score (nSPS) is 41.4. The van der Waals surface area contributed by atoms with E-state index in [1.54, 1.807) is 6.92 Å².